The lowest BCUT2D eigenvalue weighted by Gasteiger charge is -2.14. The molecular weight excluding hydrogens is 249 g/mol. The molecule has 2 rings (SSSR count). The first-order chi connectivity index (χ1) is 9.08. The van der Waals surface area contributed by atoms with Crippen molar-refractivity contribution < 1.29 is 9.31 Å². The molecular formula is C13H12FN3O2. The summed E-state index contributed by atoms with van der Waals surface area (Å²) >= 11 is 0. The molecule has 1 heterocycles. The number of pyridine rings is 1. The van der Waals surface area contributed by atoms with Crippen LogP contribution in [0.3, 0.4) is 0 Å². The van der Waals surface area contributed by atoms with Crippen molar-refractivity contribution in [2.75, 3.05) is 5.32 Å². The fraction of sp³-hybridized carbons (Fsp3) is 0.154. The van der Waals surface area contributed by atoms with Crippen LogP contribution < -0.4 is 5.32 Å². The molecule has 6 heteroatoms. The lowest BCUT2D eigenvalue weighted by atomic mass is 10.1. The number of hydrogen-bond acceptors (Lipinski definition) is 4. The van der Waals surface area contributed by atoms with Crippen molar-refractivity contribution in [2.45, 2.75) is 13.0 Å². The molecule has 5 nitrogen and oxygen atoms in total. The Morgan fingerprint density at radius 3 is 2.63 bits per heavy atom. The monoisotopic (exact) mass is 261 g/mol. The van der Waals surface area contributed by atoms with E-state index in [9.17, 15) is 14.5 Å². The molecule has 19 heavy (non-hydrogen) atoms. The van der Waals surface area contributed by atoms with Crippen LogP contribution in [0.2, 0.25) is 0 Å². The Morgan fingerprint density at radius 1 is 1.32 bits per heavy atom. The van der Waals surface area contributed by atoms with Gasteiger partial charge in [0, 0.05) is 12.3 Å². The summed E-state index contributed by atoms with van der Waals surface area (Å²) in [6.45, 7) is 1.83. The molecule has 2 aromatic rings. The van der Waals surface area contributed by atoms with Crippen LogP contribution in [-0.2, 0) is 0 Å². The van der Waals surface area contributed by atoms with E-state index in [2.05, 4.69) is 10.3 Å². The minimum absolute atomic E-state index is 0.0866. The normalized spacial score (nSPS) is 11.9. The standard InChI is InChI=1S/C13H12FN3O2/c1-9(10-4-6-11(14)7-5-10)16-13-12(17(18)19)3-2-8-15-13/h2-9H,1H3,(H,15,16). The second kappa shape index (κ2) is 5.43. The topological polar surface area (TPSA) is 68.1 Å². The summed E-state index contributed by atoms with van der Waals surface area (Å²) in [7, 11) is 0. The third kappa shape index (κ3) is 3.04. The molecule has 1 unspecified atom stereocenters. The zero-order valence-electron chi connectivity index (χ0n) is 10.2. The van der Waals surface area contributed by atoms with Gasteiger partial charge in [0.15, 0.2) is 0 Å². The van der Waals surface area contributed by atoms with Gasteiger partial charge >= 0.3 is 5.69 Å². The zero-order valence-corrected chi connectivity index (χ0v) is 10.2. The molecule has 1 aromatic carbocycles. The van der Waals surface area contributed by atoms with Crippen LogP contribution in [0.15, 0.2) is 42.6 Å². The van der Waals surface area contributed by atoms with Crippen molar-refractivity contribution in [2.24, 2.45) is 0 Å². The van der Waals surface area contributed by atoms with Gasteiger partial charge in [0.2, 0.25) is 5.82 Å². The van der Waals surface area contributed by atoms with E-state index in [4.69, 9.17) is 0 Å². The largest absolute Gasteiger partial charge is 0.358 e. The Bertz CT molecular complexity index is 587. The summed E-state index contributed by atoms with van der Waals surface area (Å²) in [5, 5.41) is 13.8. The highest BCUT2D eigenvalue weighted by molar-refractivity contribution is 5.56. The molecule has 1 aromatic heterocycles. The van der Waals surface area contributed by atoms with Crippen LogP contribution in [0, 0.1) is 15.9 Å². The Hall–Kier alpha value is -2.50. The predicted molar refractivity (Wildman–Crippen MR) is 69.3 cm³/mol. The maximum atomic E-state index is 12.8. The summed E-state index contributed by atoms with van der Waals surface area (Å²) in [5.74, 6) is -0.121. The van der Waals surface area contributed by atoms with E-state index < -0.39 is 4.92 Å². The van der Waals surface area contributed by atoms with Crippen LogP contribution >= 0.6 is 0 Å². The molecule has 1 atom stereocenters. The summed E-state index contributed by atoms with van der Waals surface area (Å²) in [4.78, 5) is 14.3. The highest BCUT2D eigenvalue weighted by atomic mass is 19.1. The lowest BCUT2D eigenvalue weighted by Crippen LogP contribution is -2.09. The van der Waals surface area contributed by atoms with Crippen molar-refractivity contribution in [1.29, 1.82) is 0 Å². The van der Waals surface area contributed by atoms with E-state index in [0.717, 1.165) is 5.56 Å². The molecule has 0 aliphatic heterocycles. The van der Waals surface area contributed by atoms with E-state index in [1.54, 1.807) is 12.1 Å². The zero-order chi connectivity index (χ0) is 13.8. The van der Waals surface area contributed by atoms with Crippen LogP contribution in [-0.4, -0.2) is 9.91 Å². The fourth-order valence-electron chi connectivity index (χ4n) is 1.70. The highest BCUT2D eigenvalue weighted by Gasteiger charge is 2.16. The maximum Gasteiger partial charge on any atom is 0.311 e. The van der Waals surface area contributed by atoms with Crippen molar-refractivity contribution in [3.8, 4) is 0 Å². The van der Waals surface area contributed by atoms with Gasteiger partial charge in [0.25, 0.3) is 0 Å². The molecule has 0 saturated carbocycles. The van der Waals surface area contributed by atoms with Crippen molar-refractivity contribution in [3.05, 3.63) is 64.1 Å². The quantitative estimate of drug-likeness (QED) is 0.677. The van der Waals surface area contributed by atoms with Gasteiger partial charge in [0.05, 0.1) is 11.0 Å². The number of nitro groups is 1. The smallest absolute Gasteiger partial charge is 0.311 e. The third-order valence-electron chi connectivity index (χ3n) is 2.71. The minimum Gasteiger partial charge on any atom is -0.358 e. The first-order valence-electron chi connectivity index (χ1n) is 5.69. The van der Waals surface area contributed by atoms with Crippen molar-refractivity contribution in [1.82, 2.24) is 4.98 Å². The number of rotatable bonds is 4. The second-order valence-electron chi connectivity index (χ2n) is 4.05. The van der Waals surface area contributed by atoms with Gasteiger partial charge in [-0.1, -0.05) is 12.1 Å². The average Bonchev–Trinajstić information content (AvgIpc) is 2.39. The van der Waals surface area contributed by atoms with Gasteiger partial charge < -0.3 is 5.32 Å². The highest BCUT2D eigenvalue weighted by Crippen LogP contribution is 2.25. The molecule has 0 radical (unpaired) electrons. The number of nitrogens with zero attached hydrogens (tertiary/aromatic N) is 2. The Balaban J connectivity index is 2.21. The third-order valence-corrected chi connectivity index (χ3v) is 2.71. The molecule has 98 valence electrons. The number of hydrogen-bond donors (Lipinski definition) is 1. The predicted octanol–water partition coefficient (Wildman–Crippen LogP) is 3.30. The summed E-state index contributed by atoms with van der Waals surface area (Å²) in [5.41, 5.74) is 0.734. The van der Waals surface area contributed by atoms with Gasteiger partial charge in [-0.25, -0.2) is 9.37 Å². The Kier molecular flexibility index (Phi) is 3.70. The van der Waals surface area contributed by atoms with Crippen LogP contribution in [0.4, 0.5) is 15.9 Å². The summed E-state index contributed by atoms with van der Waals surface area (Å²) < 4.78 is 12.8. The van der Waals surface area contributed by atoms with E-state index in [1.807, 2.05) is 6.92 Å². The summed E-state index contributed by atoms with van der Waals surface area (Å²) in [6, 6.07) is 8.62. The van der Waals surface area contributed by atoms with E-state index in [1.165, 1.54) is 30.5 Å². The van der Waals surface area contributed by atoms with Gasteiger partial charge in [-0.15, -0.1) is 0 Å². The maximum absolute atomic E-state index is 12.8. The Labute approximate surface area is 109 Å². The van der Waals surface area contributed by atoms with E-state index in [-0.39, 0.29) is 23.4 Å². The minimum atomic E-state index is -0.493. The number of anilines is 1. The average molecular weight is 261 g/mol. The van der Waals surface area contributed by atoms with Gasteiger partial charge in [0.1, 0.15) is 5.82 Å². The number of aromatic nitrogens is 1. The molecule has 0 fully saturated rings. The molecule has 0 aliphatic carbocycles. The number of nitrogens with one attached hydrogen (secondary N) is 1. The first kappa shape index (κ1) is 12.9. The summed E-state index contributed by atoms with van der Waals surface area (Å²) in [6.07, 6.45) is 1.48. The fourth-order valence-corrected chi connectivity index (χ4v) is 1.70. The molecule has 0 bridgehead atoms. The number of benzene rings is 1. The van der Waals surface area contributed by atoms with E-state index in [0.29, 0.717) is 0 Å². The van der Waals surface area contributed by atoms with Crippen LogP contribution in [0.1, 0.15) is 18.5 Å². The van der Waals surface area contributed by atoms with Gasteiger partial charge in [-0.3, -0.25) is 10.1 Å². The number of halogens is 1. The first-order valence-corrected chi connectivity index (χ1v) is 5.69. The molecule has 0 amide bonds. The SMILES string of the molecule is CC(Nc1ncccc1[N+](=O)[O-])c1ccc(F)cc1. The molecule has 1 N–H and O–H groups in total. The van der Waals surface area contributed by atoms with E-state index >= 15 is 0 Å². The van der Waals surface area contributed by atoms with Crippen molar-refractivity contribution >= 4 is 11.5 Å². The second-order valence-corrected chi connectivity index (χ2v) is 4.05. The van der Waals surface area contributed by atoms with Gasteiger partial charge in [-0.2, -0.15) is 0 Å². The molecule has 0 aliphatic rings. The molecule has 0 spiro atoms. The Morgan fingerprint density at radius 2 is 2.00 bits per heavy atom. The van der Waals surface area contributed by atoms with Crippen LogP contribution in [0.5, 0.6) is 0 Å². The van der Waals surface area contributed by atoms with Crippen molar-refractivity contribution in [3.63, 3.8) is 0 Å². The lowest BCUT2D eigenvalue weighted by molar-refractivity contribution is -0.384. The van der Waals surface area contributed by atoms with Crippen LogP contribution in [0.25, 0.3) is 0 Å². The molecule has 0 saturated heterocycles. The van der Waals surface area contributed by atoms with Gasteiger partial charge in [-0.05, 0) is 30.7 Å².